The van der Waals surface area contributed by atoms with Gasteiger partial charge < -0.3 is 10.6 Å². The van der Waals surface area contributed by atoms with Crippen LogP contribution in [0.15, 0.2) is 26.7 Å². The Morgan fingerprint density at radius 3 is 2.56 bits per heavy atom. The molecule has 0 unspecified atom stereocenters. The molecule has 0 amide bonds. The Morgan fingerprint density at radius 1 is 1.28 bits per heavy atom. The molecule has 1 aromatic heterocycles. The molecule has 2 rings (SSSR count). The number of nitrogens with one attached hydrogen (secondary N) is 3. The van der Waals surface area contributed by atoms with Gasteiger partial charge in [0, 0.05) is 26.2 Å². The second-order valence-electron chi connectivity index (χ2n) is 6.10. The lowest BCUT2D eigenvalue weighted by Gasteiger charge is -2.29. The number of nitrogens with zero attached hydrogens (tertiary/aromatic N) is 1. The molecule has 1 aliphatic carbocycles. The summed E-state index contributed by atoms with van der Waals surface area (Å²) in [4.78, 5) is 4.22. The maximum absolute atomic E-state index is 12.0. The van der Waals surface area contributed by atoms with Crippen LogP contribution in [-0.2, 0) is 10.0 Å². The Morgan fingerprint density at radius 2 is 2.00 bits per heavy atom. The highest BCUT2D eigenvalue weighted by Gasteiger charge is 2.20. The Bertz CT molecular complexity index is 612. The molecular formula is C16H29IN4O2S2. The lowest BCUT2D eigenvalue weighted by molar-refractivity contribution is 0.304. The van der Waals surface area contributed by atoms with E-state index in [2.05, 4.69) is 27.3 Å². The average Bonchev–Trinajstić information content (AvgIpc) is 3.13. The van der Waals surface area contributed by atoms with E-state index in [-0.39, 0.29) is 24.0 Å². The third-order valence-corrected chi connectivity index (χ3v) is 7.32. The van der Waals surface area contributed by atoms with E-state index in [0.29, 0.717) is 23.3 Å². The molecule has 0 saturated heterocycles. The smallest absolute Gasteiger partial charge is 0.250 e. The first kappa shape index (κ1) is 22.7. The van der Waals surface area contributed by atoms with Crippen LogP contribution in [0.4, 0.5) is 0 Å². The predicted octanol–water partition coefficient (Wildman–Crippen LogP) is 2.78. The molecule has 1 heterocycles. The van der Waals surface area contributed by atoms with E-state index in [1.807, 2.05) is 0 Å². The van der Waals surface area contributed by atoms with Crippen molar-refractivity contribution in [3.63, 3.8) is 0 Å². The molecule has 144 valence electrons. The minimum Gasteiger partial charge on any atom is -0.355 e. The third kappa shape index (κ3) is 7.40. The molecule has 3 N–H and O–H groups in total. The van der Waals surface area contributed by atoms with E-state index in [1.54, 1.807) is 24.6 Å². The molecule has 6 nitrogen and oxygen atoms in total. The van der Waals surface area contributed by atoms with E-state index in [9.17, 15) is 8.42 Å². The van der Waals surface area contributed by atoms with Crippen molar-refractivity contribution in [3.05, 3.63) is 17.5 Å². The normalized spacial score (nSPS) is 21.4. The molecule has 0 bridgehead atoms. The van der Waals surface area contributed by atoms with Crippen molar-refractivity contribution in [2.75, 3.05) is 20.1 Å². The summed E-state index contributed by atoms with van der Waals surface area (Å²) in [6.07, 6.45) is 6.15. The Hall–Kier alpha value is -0.390. The highest BCUT2D eigenvalue weighted by atomic mass is 127. The zero-order valence-corrected chi connectivity index (χ0v) is 18.8. The van der Waals surface area contributed by atoms with Gasteiger partial charge in [-0.2, -0.15) is 0 Å². The summed E-state index contributed by atoms with van der Waals surface area (Å²) in [5.41, 5.74) is 0. The van der Waals surface area contributed by atoms with Crippen LogP contribution in [0.25, 0.3) is 0 Å². The van der Waals surface area contributed by atoms with Crippen molar-refractivity contribution in [1.82, 2.24) is 15.4 Å². The van der Waals surface area contributed by atoms with Gasteiger partial charge in [-0.15, -0.1) is 35.3 Å². The zero-order valence-electron chi connectivity index (χ0n) is 14.8. The summed E-state index contributed by atoms with van der Waals surface area (Å²) in [6, 6.07) is 3.80. The Labute approximate surface area is 172 Å². The van der Waals surface area contributed by atoms with E-state index >= 15 is 0 Å². The first-order valence-electron chi connectivity index (χ1n) is 8.55. The SMILES string of the molecule is CCC1CCC(NC(=NC)NCCNS(=O)(=O)c2cccs2)CC1.I. The molecule has 1 aliphatic rings. The first-order chi connectivity index (χ1) is 11.5. The number of aliphatic imine (C=N–C) groups is 1. The predicted molar refractivity (Wildman–Crippen MR) is 115 cm³/mol. The summed E-state index contributed by atoms with van der Waals surface area (Å²) in [5.74, 6) is 1.61. The van der Waals surface area contributed by atoms with Crippen LogP contribution in [0, 0.1) is 5.92 Å². The number of rotatable bonds is 7. The van der Waals surface area contributed by atoms with Gasteiger partial charge in [0.15, 0.2) is 5.96 Å². The maximum atomic E-state index is 12.0. The molecule has 0 spiro atoms. The fourth-order valence-electron chi connectivity index (χ4n) is 2.96. The quantitative estimate of drug-likeness (QED) is 0.233. The van der Waals surface area contributed by atoms with Gasteiger partial charge in [-0.05, 0) is 43.0 Å². The van der Waals surface area contributed by atoms with Gasteiger partial charge >= 0.3 is 0 Å². The van der Waals surface area contributed by atoms with Gasteiger partial charge in [0.25, 0.3) is 0 Å². The fraction of sp³-hybridized carbons (Fsp3) is 0.688. The fourth-order valence-corrected chi connectivity index (χ4v) is 5.03. The lowest BCUT2D eigenvalue weighted by atomic mass is 9.84. The Balaban J connectivity index is 0.00000312. The van der Waals surface area contributed by atoms with Crippen LogP contribution in [0.2, 0.25) is 0 Å². The zero-order chi connectivity index (χ0) is 17.4. The molecular weight excluding hydrogens is 471 g/mol. The number of halogens is 1. The number of hydrogen-bond acceptors (Lipinski definition) is 4. The second kappa shape index (κ2) is 11.3. The molecule has 0 aliphatic heterocycles. The maximum Gasteiger partial charge on any atom is 0.250 e. The summed E-state index contributed by atoms with van der Waals surface area (Å²) >= 11 is 1.22. The molecule has 0 atom stereocenters. The molecule has 1 saturated carbocycles. The second-order valence-corrected chi connectivity index (χ2v) is 9.04. The molecule has 0 aromatic carbocycles. The third-order valence-electron chi connectivity index (χ3n) is 4.46. The standard InChI is InChI=1S/C16H28N4O2S2.HI/c1-3-13-6-8-14(9-7-13)20-16(17-2)18-10-11-19-24(21,22)15-5-4-12-23-15;/h4-5,12-14,19H,3,6-11H2,1-2H3,(H2,17,18,20);1H. The van der Waals surface area contributed by atoms with Crippen molar-refractivity contribution >= 4 is 51.3 Å². The lowest BCUT2D eigenvalue weighted by Crippen LogP contribution is -2.46. The average molecular weight is 500 g/mol. The van der Waals surface area contributed by atoms with Crippen LogP contribution < -0.4 is 15.4 Å². The molecule has 25 heavy (non-hydrogen) atoms. The van der Waals surface area contributed by atoms with Crippen LogP contribution in [-0.4, -0.2) is 40.6 Å². The van der Waals surface area contributed by atoms with Crippen molar-refractivity contribution in [1.29, 1.82) is 0 Å². The van der Waals surface area contributed by atoms with Crippen molar-refractivity contribution in [2.24, 2.45) is 10.9 Å². The number of hydrogen-bond donors (Lipinski definition) is 3. The number of sulfonamides is 1. The van der Waals surface area contributed by atoms with E-state index < -0.39 is 10.0 Å². The highest BCUT2D eigenvalue weighted by molar-refractivity contribution is 14.0. The van der Waals surface area contributed by atoms with E-state index in [1.165, 1.54) is 43.4 Å². The highest BCUT2D eigenvalue weighted by Crippen LogP contribution is 2.26. The summed E-state index contributed by atoms with van der Waals surface area (Å²) in [5, 5.41) is 8.37. The molecule has 9 heteroatoms. The largest absolute Gasteiger partial charge is 0.355 e. The summed E-state index contributed by atoms with van der Waals surface area (Å²) in [7, 11) is -1.65. The van der Waals surface area contributed by atoms with Gasteiger partial charge in [0.2, 0.25) is 10.0 Å². The monoisotopic (exact) mass is 500 g/mol. The minimum atomic E-state index is -3.39. The summed E-state index contributed by atoms with van der Waals surface area (Å²) in [6.45, 7) is 3.08. The first-order valence-corrected chi connectivity index (χ1v) is 10.9. The van der Waals surface area contributed by atoms with E-state index in [0.717, 1.165) is 11.9 Å². The van der Waals surface area contributed by atoms with Gasteiger partial charge in [0.1, 0.15) is 4.21 Å². The van der Waals surface area contributed by atoms with Gasteiger partial charge in [-0.25, -0.2) is 13.1 Å². The molecule has 0 radical (unpaired) electrons. The van der Waals surface area contributed by atoms with Gasteiger partial charge in [0.05, 0.1) is 0 Å². The van der Waals surface area contributed by atoms with Crippen LogP contribution >= 0.6 is 35.3 Å². The van der Waals surface area contributed by atoms with Gasteiger partial charge in [-0.3, -0.25) is 4.99 Å². The van der Waals surface area contributed by atoms with Crippen molar-refractivity contribution < 1.29 is 8.42 Å². The van der Waals surface area contributed by atoms with Crippen molar-refractivity contribution in [3.8, 4) is 0 Å². The van der Waals surface area contributed by atoms with Crippen molar-refractivity contribution in [2.45, 2.75) is 49.3 Å². The topological polar surface area (TPSA) is 82.6 Å². The number of guanidine groups is 1. The van der Waals surface area contributed by atoms with Gasteiger partial charge in [-0.1, -0.05) is 19.4 Å². The minimum absolute atomic E-state index is 0. The van der Waals surface area contributed by atoms with Crippen LogP contribution in [0.3, 0.4) is 0 Å². The molecule has 1 fully saturated rings. The Kier molecular flexibility index (Phi) is 10.3. The van der Waals surface area contributed by atoms with E-state index in [4.69, 9.17) is 0 Å². The van der Waals surface area contributed by atoms with Crippen LogP contribution in [0.5, 0.6) is 0 Å². The summed E-state index contributed by atoms with van der Waals surface area (Å²) < 4.78 is 27.0. The van der Waals surface area contributed by atoms with Crippen LogP contribution in [0.1, 0.15) is 39.0 Å². The number of thiophene rings is 1. The molecule has 1 aromatic rings.